The van der Waals surface area contributed by atoms with Crippen molar-refractivity contribution in [2.45, 2.75) is 119 Å². The average molecular weight is 594 g/mol. The van der Waals surface area contributed by atoms with Gasteiger partial charge in [-0.1, -0.05) is 40.7 Å². The number of carbonyl (C=O) groups is 1. The van der Waals surface area contributed by atoms with Gasteiger partial charge in [0.2, 0.25) is 0 Å². The van der Waals surface area contributed by atoms with Crippen LogP contribution >= 0.6 is 15.9 Å². The molecule has 6 saturated heterocycles. The molecule has 1 aromatic rings. The highest BCUT2D eigenvalue weighted by molar-refractivity contribution is 9.11. The topological polar surface area (TPSA) is 92.7 Å². The second-order valence-corrected chi connectivity index (χ2v) is 12.9. The fourth-order valence-corrected chi connectivity index (χ4v) is 7.59. The molecule has 10 atom stereocenters. The molecule has 6 fully saturated rings. The fourth-order valence-electron chi connectivity index (χ4n) is 7.23. The maximum atomic E-state index is 12.8. The number of aliphatic hydroxyl groups is 1. The number of fused-ring (bicyclic) bond motifs is 1. The molecule has 0 aliphatic carbocycles. The van der Waals surface area contributed by atoms with Crippen molar-refractivity contribution in [3.63, 3.8) is 0 Å². The van der Waals surface area contributed by atoms with Crippen LogP contribution in [-0.4, -0.2) is 77.4 Å². The van der Waals surface area contributed by atoms with Crippen molar-refractivity contribution < 1.29 is 38.3 Å². The van der Waals surface area contributed by atoms with Crippen molar-refractivity contribution in [3.8, 4) is 0 Å². The highest BCUT2D eigenvalue weighted by Crippen LogP contribution is 2.60. The van der Waals surface area contributed by atoms with E-state index in [9.17, 15) is 9.90 Å². The molecule has 6 aliphatic rings. The number of carbonyl (C=O) groups excluding carboxylic acids is 1. The van der Waals surface area contributed by atoms with Crippen molar-refractivity contribution in [2.24, 2.45) is 0 Å². The Kier molecular flexibility index (Phi) is 7.03. The largest absolute Gasteiger partial charge is 0.458 e. The highest BCUT2D eigenvalue weighted by atomic mass is 79.9. The fraction of sp³-hybridized carbons (Fsp3) is 0.690. The number of rotatable bonds is 9. The molecule has 0 aromatic heterocycles. The third kappa shape index (κ3) is 4.58. The number of hydrogen-bond acceptors (Lipinski definition) is 8. The van der Waals surface area contributed by atoms with Gasteiger partial charge >= 0.3 is 5.97 Å². The van der Waals surface area contributed by atoms with Gasteiger partial charge in [0.25, 0.3) is 0 Å². The SMILES string of the molecule is C=C(Br)C[C@@H](CC[C@@]12C[C@H]3O[C@H]4[C@@H](O1)[C@H]1OC(CCO)CCC1(C)O[C@@]4(C)C3O2)OC(=O)c1ccccc1. The summed E-state index contributed by atoms with van der Waals surface area (Å²) in [5.74, 6) is -1.25. The monoisotopic (exact) mass is 592 g/mol. The lowest BCUT2D eigenvalue weighted by atomic mass is 9.74. The second-order valence-electron chi connectivity index (χ2n) is 11.8. The zero-order valence-electron chi connectivity index (χ0n) is 22.0. The predicted octanol–water partition coefficient (Wildman–Crippen LogP) is 4.42. The number of esters is 1. The molecular formula is C29H37BrO8. The van der Waals surface area contributed by atoms with Crippen LogP contribution in [0.25, 0.3) is 0 Å². The van der Waals surface area contributed by atoms with E-state index in [1.54, 1.807) is 12.1 Å². The van der Waals surface area contributed by atoms with Crippen LogP contribution in [0.5, 0.6) is 0 Å². The molecule has 0 radical (unpaired) electrons. The highest BCUT2D eigenvalue weighted by Gasteiger charge is 2.75. The van der Waals surface area contributed by atoms with Crippen molar-refractivity contribution in [1.82, 2.24) is 0 Å². The first kappa shape index (κ1) is 26.9. The van der Waals surface area contributed by atoms with Crippen LogP contribution in [0.1, 0.15) is 69.2 Å². The van der Waals surface area contributed by atoms with Crippen molar-refractivity contribution >= 4 is 21.9 Å². The first-order valence-corrected chi connectivity index (χ1v) is 14.5. The second kappa shape index (κ2) is 9.94. The van der Waals surface area contributed by atoms with E-state index in [4.69, 9.17) is 28.4 Å². The molecule has 6 aliphatic heterocycles. The van der Waals surface area contributed by atoms with Crippen LogP contribution in [0.3, 0.4) is 0 Å². The molecule has 0 spiro atoms. The third-order valence-electron chi connectivity index (χ3n) is 8.98. The minimum atomic E-state index is -0.889. The Morgan fingerprint density at radius 1 is 1.18 bits per heavy atom. The minimum absolute atomic E-state index is 0.0475. The van der Waals surface area contributed by atoms with Crippen LogP contribution in [0, 0.1) is 0 Å². The molecule has 0 saturated carbocycles. The summed E-state index contributed by atoms with van der Waals surface area (Å²) >= 11 is 3.44. The van der Waals surface area contributed by atoms with Gasteiger partial charge in [0, 0.05) is 25.9 Å². The maximum absolute atomic E-state index is 12.8. The summed E-state index contributed by atoms with van der Waals surface area (Å²) in [4.78, 5) is 12.8. The first-order chi connectivity index (χ1) is 18.1. The lowest BCUT2D eigenvalue weighted by molar-refractivity contribution is -0.330. The summed E-state index contributed by atoms with van der Waals surface area (Å²) in [5, 5.41) is 9.52. The average Bonchev–Trinajstić information content (AvgIpc) is 3.26. The Hall–Kier alpha value is -1.33. The van der Waals surface area contributed by atoms with Crippen LogP contribution < -0.4 is 0 Å². The smallest absolute Gasteiger partial charge is 0.338 e. The van der Waals surface area contributed by atoms with E-state index in [1.807, 2.05) is 18.2 Å². The maximum Gasteiger partial charge on any atom is 0.338 e. The Morgan fingerprint density at radius 2 is 1.97 bits per heavy atom. The first-order valence-electron chi connectivity index (χ1n) is 13.7. The molecule has 6 heterocycles. The van der Waals surface area contributed by atoms with E-state index in [1.165, 1.54) is 0 Å². The predicted molar refractivity (Wildman–Crippen MR) is 141 cm³/mol. The van der Waals surface area contributed by atoms with E-state index in [0.29, 0.717) is 37.7 Å². The molecule has 208 valence electrons. The molecule has 1 aromatic carbocycles. The van der Waals surface area contributed by atoms with Gasteiger partial charge in [0.1, 0.15) is 36.1 Å². The van der Waals surface area contributed by atoms with E-state index in [0.717, 1.165) is 17.3 Å². The molecule has 6 bridgehead atoms. The molecule has 7 rings (SSSR count). The Balaban J connectivity index is 1.23. The number of halogens is 1. The lowest BCUT2D eigenvalue weighted by Gasteiger charge is -2.56. The standard InChI is InChI=1S/C29H37BrO8/c1-17(30)15-20(34-26(32)18-7-5-4-6-8-18)10-13-29-16-21-23(37-29)28(3)25(35-21)22(36-29)24-27(2,38-28)12-9-19(33-24)11-14-31/h4-8,19-25,31H,1,9-16H2,2-3H3/t19?,20-,21-,22+,23?,24-,25+,27?,28+,29-/m1/s1. The summed E-state index contributed by atoms with van der Waals surface area (Å²) in [6.07, 6.45) is 2.53. The van der Waals surface area contributed by atoms with Crippen molar-refractivity contribution in [1.29, 1.82) is 0 Å². The van der Waals surface area contributed by atoms with Crippen molar-refractivity contribution in [3.05, 3.63) is 47.0 Å². The van der Waals surface area contributed by atoms with Gasteiger partial charge in [0.05, 0.1) is 23.4 Å². The van der Waals surface area contributed by atoms with Crippen LogP contribution in [-0.2, 0) is 28.4 Å². The van der Waals surface area contributed by atoms with Crippen molar-refractivity contribution in [2.75, 3.05) is 6.61 Å². The van der Waals surface area contributed by atoms with Gasteiger partial charge in [-0.3, -0.25) is 0 Å². The van der Waals surface area contributed by atoms with Crippen LogP contribution in [0.15, 0.2) is 41.4 Å². The summed E-state index contributed by atoms with van der Waals surface area (Å²) in [5.41, 5.74) is -0.663. The zero-order chi connectivity index (χ0) is 26.7. The van der Waals surface area contributed by atoms with Gasteiger partial charge in [-0.15, -0.1) is 0 Å². The normalized spacial score (nSPS) is 43.4. The van der Waals surface area contributed by atoms with Gasteiger partial charge in [-0.2, -0.15) is 0 Å². The molecule has 9 heteroatoms. The van der Waals surface area contributed by atoms with E-state index in [2.05, 4.69) is 36.4 Å². The quantitative estimate of drug-likeness (QED) is 0.421. The molecule has 3 unspecified atom stereocenters. The number of benzene rings is 1. The van der Waals surface area contributed by atoms with Gasteiger partial charge in [-0.25, -0.2) is 4.79 Å². The number of ether oxygens (including phenoxy) is 6. The molecule has 1 N–H and O–H groups in total. The number of hydrogen-bond donors (Lipinski definition) is 1. The summed E-state index contributed by atoms with van der Waals surface area (Å²) in [6, 6.07) is 9.00. The van der Waals surface area contributed by atoms with E-state index < -0.39 is 23.1 Å². The molecule has 38 heavy (non-hydrogen) atoms. The molecular weight excluding hydrogens is 556 g/mol. The van der Waals surface area contributed by atoms with Gasteiger partial charge in [-0.05, 0) is 56.1 Å². The minimum Gasteiger partial charge on any atom is -0.458 e. The number of aliphatic hydroxyl groups excluding tert-OH is 1. The van der Waals surface area contributed by atoms with E-state index in [-0.39, 0.29) is 49.2 Å². The van der Waals surface area contributed by atoms with Crippen LogP contribution in [0.2, 0.25) is 0 Å². The zero-order valence-corrected chi connectivity index (χ0v) is 23.6. The van der Waals surface area contributed by atoms with Crippen LogP contribution in [0.4, 0.5) is 0 Å². The van der Waals surface area contributed by atoms with Gasteiger partial charge in [0.15, 0.2) is 5.79 Å². The van der Waals surface area contributed by atoms with Gasteiger partial charge < -0.3 is 33.5 Å². The third-order valence-corrected chi connectivity index (χ3v) is 9.30. The molecule has 8 nitrogen and oxygen atoms in total. The lowest BCUT2D eigenvalue weighted by Crippen LogP contribution is -2.71. The molecule has 0 amide bonds. The summed E-state index contributed by atoms with van der Waals surface area (Å²) in [6.45, 7) is 8.23. The Bertz CT molecular complexity index is 1070. The Labute approximate surface area is 232 Å². The Morgan fingerprint density at radius 3 is 2.71 bits per heavy atom. The summed E-state index contributed by atoms with van der Waals surface area (Å²) < 4.78 is 40.2. The summed E-state index contributed by atoms with van der Waals surface area (Å²) in [7, 11) is 0. The van der Waals surface area contributed by atoms with E-state index >= 15 is 0 Å².